The molecule has 0 unspecified atom stereocenters. The molecule has 0 saturated heterocycles. The van der Waals surface area contributed by atoms with Gasteiger partial charge < -0.3 is 20.8 Å². The van der Waals surface area contributed by atoms with Gasteiger partial charge in [0.05, 0.1) is 19.3 Å². The van der Waals surface area contributed by atoms with Crippen LogP contribution >= 0.6 is 0 Å². The van der Waals surface area contributed by atoms with Crippen molar-refractivity contribution in [3.63, 3.8) is 0 Å². The summed E-state index contributed by atoms with van der Waals surface area (Å²) in [5, 5.41) is 22.7. The summed E-state index contributed by atoms with van der Waals surface area (Å²) < 4.78 is 0. The Morgan fingerprint density at radius 2 is 2.06 bits per heavy atom. The minimum atomic E-state index is -0.637. The quantitative estimate of drug-likeness (QED) is 0.587. The summed E-state index contributed by atoms with van der Waals surface area (Å²) in [6, 6.07) is 0.879. The Labute approximate surface area is 106 Å². The van der Waals surface area contributed by atoms with E-state index in [2.05, 4.69) is 15.6 Å². The number of nitrogens with zero attached hydrogens (tertiary/aromatic N) is 1. The van der Waals surface area contributed by atoms with Crippen LogP contribution in [0.1, 0.15) is 16.8 Å². The van der Waals surface area contributed by atoms with Crippen LogP contribution in [0.5, 0.6) is 0 Å². The Morgan fingerprint density at radius 3 is 2.61 bits per heavy atom. The zero-order chi connectivity index (χ0) is 13.5. The van der Waals surface area contributed by atoms with E-state index in [1.54, 1.807) is 6.20 Å². The Morgan fingerprint density at radius 1 is 1.39 bits per heavy atom. The third kappa shape index (κ3) is 4.31. The predicted molar refractivity (Wildman–Crippen MR) is 67.0 cm³/mol. The van der Waals surface area contributed by atoms with Crippen LogP contribution in [0.4, 0.5) is 4.79 Å². The molecule has 2 amide bonds. The molecule has 6 nitrogen and oxygen atoms in total. The maximum Gasteiger partial charge on any atom is 0.315 e. The van der Waals surface area contributed by atoms with E-state index in [1.165, 1.54) is 0 Å². The van der Waals surface area contributed by atoms with E-state index in [4.69, 9.17) is 10.2 Å². The van der Waals surface area contributed by atoms with Crippen LogP contribution in [0.25, 0.3) is 0 Å². The number of rotatable bonds is 5. The first-order valence-corrected chi connectivity index (χ1v) is 5.75. The summed E-state index contributed by atoms with van der Waals surface area (Å²) in [5.74, 6) is 0. The second-order valence-electron chi connectivity index (χ2n) is 4.14. The largest absolute Gasteiger partial charge is 0.394 e. The molecule has 0 aliphatic rings. The molecule has 4 N–H and O–H groups in total. The van der Waals surface area contributed by atoms with Gasteiger partial charge in [0.25, 0.3) is 0 Å². The molecular formula is C12H19N3O3. The molecule has 0 radical (unpaired) electrons. The highest BCUT2D eigenvalue weighted by molar-refractivity contribution is 5.74. The van der Waals surface area contributed by atoms with Crippen molar-refractivity contribution in [1.29, 1.82) is 0 Å². The molecule has 0 atom stereocenters. The van der Waals surface area contributed by atoms with Crippen molar-refractivity contribution >= 4 is 6.03 Å². The summed E-state index contributed by atoms with van der Waals surface area (Å²) in [5.41, 5.74) is 2.92. The SMILES string of the molecule is Cc1cc(C)c(CNC(=O)NC(CO)CO)cn1. The fraction of sp³-hybridized carbons (Fsp3) is 0.500. The molecular weight excluding hydrogens is 234 g/mol. The first-order valence-electron chi connectivity index (χ1n) is 5.75. The van der Waals surface area contributed by atoms with Gasteiger partial charge in [-0.25, -0.2) is 4.79 Å². The number of aryl methyl sites for hydroxylation is 2. The first kappa shape index (κ1) is 14.4. The van der Waals surface area contributed by atoms with Gasteiger partial charge in [-0.15, -0.1) is 0 Å². The Kier molecular flexibility index (Phi) is 5.54. The maximum absolute atomic E-state index is 11.5. The molecule has 0 aliphatic heterocycles. The molecule has 0 aromatic carbocycles. The topological polar surface area (TPSA) is 94.5 Å². The molecule has 1 aromatic rings. The van der Waals surface area contributed by atoms with E-state index in [-0.39, 0.29) is 13.2 Å². The van der Waals surface area contributed by atoms with Crippen LogP contribution in [-0.4, -0.2) is 40.5 Å². The van der Waals surface area contributed by atoms with Gasteiger partial charge in [0.15, 0.2) is 0 Å². The lowest BCUT2D eigenvalue weighted by atomic mass is 10.1. The van der Waals surface area contributed by atoms with Crippen molar-refractivity contribution in [2.24, 2.45) is 0 Å². The molecule has 1 heterocycles. The van der Waals surface area contributed by atoms with Crippen LogP contribution in [-0.2, 0) is 6.54 Å². The zero-order valence-electron chi connectivity index (χ0n) is 10.6. The number of hydrogen-bond acceptors (Lipinski definition) is 4. The fourth-order valence-corrected chi connectivity index (χ4v) is 1.47. The molecule has 0 spiro atoms. The van der Waals surface area contributed by atoms with Crippen LogP contribution in [0, 0.1) is 13.8 Å². The minimum absolute atomic E-state index is 0.297. The van der Waals surface area contributed by atoms with Crippen LogP contribution in [0.3, 0.4) is 0 Å². The summed E-state index contributed by atoms with van der Waals surface area (Å²) in [6.07, 6.45) is 1.72. The van der Waals surface area contributed by atoms with E-state index >= 15 is 0 Å². The lowest BCUT2D eigenvalue weighted by Gasteiger charge is -2.14. The zero-order valence-corrected chi connectivity index (χ0v) is 10.6. The number of hydrogen-bond donors (Lipinski definition) is 4. The van der Waals surface area contributed by atoms with Crippen molar-refractivity contribution in [1.82, 2.24) is 15.6 Å². The van der Waals surface area contributed by atoms with Gasteiger partial charge in [0, 0.05) is 18.4 Å². The Bertz CT molecular complexity index is 406. The molecule has 0 bridgehead atoms. The highest BCUT2D eigenvalue weighted by Gasteiger charge is 2.09. The average Bonchev–Trinajstić information content (AvgIpc) is 2.35. The van der Waals surface area contributed by atoms with Crippen molar-refractivity contribution in [2.45, 2.75) is 26.4 Å². The number of pyridine rings is 1. The van der Waals surface area contributed by atoms with E-state index < -0.39 is 12.1 Å². The van der Waals surface area contributed by atoms with Crippen LogP contribution in [0.15, 0.2) is 12.3 Å². The number of nitrogens with one attached hydrogen (secondary N) is 2. The number of aliphatic hydroxyl groups excluding tert-OH is 2. The summed E-state index contributed by atoms with van der Waals surface area (Å²) in [6.45, 7) is 3.62. The van der Waals surface area contributed by atoms with Gasteiger partial charge in [-0.3, -0.25) is 4.98 Å². The molecule has 1 aromatic heterocycles. The summed E-state index contributed by atoms with van der Waals surface area (Å²) >= 11 is 0. The van der Waals surface area contributed by atoms with E-state index in [9.17, 15) is 4.79 Å². The van der Waals surface area contributed by atoms with Gasteiger partial charge in [0.2, 0.25) is 0 Å². The number of aliphatic hydroxyl groups is 2. The van der Waals surface area contributed by atoms with Crippen molar-refractivity contribution in [3.8, 4) is 0 Å². The lowest BCUT2D eigenvalue weighted by Crippen LogP contribution is -2.45. The summed E-state index contributed by atoms with van der Waals surface area (Å²) in [4.78, 5) is 15.6. The monoisotopic (exact) mass is 253 g/mol. The molecule has 100 valence electrons. The fourth-order valence-electron chi connectivity index (χ4n) is 1.47. The summed E-state index contributed by atoms with van der Waals surface area (Å²) in [7, 11) is 0. The Hall–Kier alpha value is -1.66. The standard InChI is InChI=1S/C12H19N3O3/c1-8-3-9(2)13-4-10(8)5-14-12(18)15-11(6-16)7-17/h3-4,11,16-17H,5-7H2,1-2H3,(H2,14,15,18). The van der Waals surface area contributed by atoms with Gasteiger partial charge in [-0.2, -0.15) is 0 Å². The van der Waals surface area contributed by atoms with Crippen molar-refractivity contribution in [3.05, 3.63) is 29.1 Å². The molecule has 6 heteroatoms. The minimum Gasteiger partial charge on any atom is -0.394 e. The van der Waals surface area contributed by atoms with Gasteiger partial charge in [-0.05, 0) is 31.0 Å². The lowest BCUT2D eigenvalue weighted by molar-refractivity contribution is 0.169. The molecule has 0 aliphatic carbocycles. The second kappa shape index (κ2) is 6.93. The first-order chi connectivity index (χ1) is 8.56. The molecule has 1 rings (SSSR count). The molecule has 18 heavy (non-hydrogen) atoms. The predicted octanol–water partition coefficient (Wildman–Crippen LogP) is -0.149. The van der Waals surface area contributed by atoms with E-state index in [0.29, 0.717) is 6.54 Å². The molecule has 0 saturated carbocycles. The van der Waals surface area contributed by atoms with Crippen LogP contribution < -0.4 is 10.6 Å². The molecule has 0 fully saturated rings. The number of carbonyl (C=O) groups is 1. The number of amides is 2. The van der Waals surface area contributed by atoms with Gasteiger partial charge in [0.1, 0.15) is 0 Å². The van der Waals surface area contributed by atoms with E-state index in [0.717, 1.165) is 16.8 Å². The highest BCUT2D eigenvalue weighted by atomic mass is 16.3. The number of aromatic nitrogens is 1. The number of urea groups is 1. The Balaban J connectivity index is 2.47. The third-order valence-electron chi connectivity index (χ3n) is 2.57. The highest BCUT2D eigenvalue weighted by Crippen LogP contribution is 2.07. The number of carbonyl (C=O) groups excluding carboxylic acids is 1. The smallest absolute Gasteiger partial charge is 0.315 e. The maximum atomic E-state index is 11.5. The average molecular weight is 253 g/mol. The van der Waals surface area contributed by atoms with Crippen LogP contribution in [0.2, 0.25) is 0 Å². The second-order valence-corrected chi connectivity index (χ2v) is 4.14. The van der Waals surface area contributed by atoms with Crippen molar-refractivity contribution < 1.29 is 15.0 Å². The normalized spacial score (nSPS) is 10.5. The van der Waals surface area contributed by atoms with Crippen molar-refractivity contribution in [2.75, 3.05) is 13.2 Å². The van der Waals surface area contributed by atoms with Gasteiger partial charge >= 0.3 is 6.03 Å². The third-order valence-corrected chi connectivity index (χ3v) is 2.57. The van der Waals surface area contributed by atoms with Gasteiger partial charge in [-0.1, -0.05) is 0 Å². The van der Waals surface area contributed by atoms with E-state index in [1.807, 2.05) is 19.9 Å².